The third kappa shape index (κ3) is 4.86. The van der Waals surface area contributed by atoms with Crippen molar-refractivity contribution in [2.45, 2.75) is 0 Å². The van der Waals surface area contributed by atoms with E-state index in [0.717, 1.165) is 49.9 Å². The van der Waals surface area contributed by atoms with Gasteiger partial charge in [-0.25, -0.2) is 0 Å². The predicted octanol–water partition coefficient (Wildman–Crippen LogP) is 13.6. The normalized spacial score (nSPS) is 11.6. The summed E-state index contributed by atoms with van der Waals surface area (Å²) in [6.45, 7) is 0. The van der Waals surface area contributed by atoms with Crippen LogP contribution in [0.15, 0.2) is 188 Å². The number of para-hydroxylation sites is 1. The molecule has 0 spiro atoms. The molecule has 9 aromatic carbocycles. The first-order chi connectivity index (χ1) is 27.2. The largest absolute Gasteiger partial charge is 0.309 e. The number of hydrogen-bond acceptors (Lipinski definition) is 2. The molecule has 0 atom stereocenters. The Balaban J connectivity index is 1.08. The zero-order valence-electron chi connectivity index (χ0n) is 29.7. The molecule has 0 bridgehead atoms. The molecule has 2 aromatic heterocycles. The summed E-state index contributed by atoms with van der Waals surface area (Å²) >= 11 is 0. The Bertz CT molecular complexity index is 3280. The Labute approximate surface area is 318 Å². The lowest BCUT2D eigenvalue weighted by Crippen LogP contribution is -1.94. The minimum atomic E-state index is 0.657. The van der Waals surface area contributed by atoms with E-state index in [0.29, 0.717) is 5.56 Å². The van der Waals surface area contributed by atoms with E-state index >= 15 is 0 Å². The number of nitrogens with zero attached hydrogens (tertiary/aromatic N) is 3. The van der Waals surface area contributed by atoms with Gasteiger partial charge in [-0.1, -0.05) is 133 Å². The summed E-state index contributed by atoms with van der Waals surface area (Å²) in [5, 5.41) is 19.4. The van der Waals surface area contributed by atoms with E-state index < -0.39 is 0 Å². The van der Waals surface area contributed by atoms with Crippen LogP contribution < -0.4 is 0 Å². The Kier molecular flexibility index (Phi) is 6.92. The SMILES string of the molecule is N#Cc1cc2ccc3cc(-c4ccc(-c5ccc6c(-c7ccccc7)c7ccccc7c(-c7ccccc7)c6c5)nc4)cc4c3c2c(c1)n4-c1ccccc1. The zero-order valence-corrected chi connectivity index (χ0v) is 29.7. The van der Waals surface area contributed by atoms with Crippen molar-refractivity contribution in [2.24, 2.45) is 0 Å². The van der Waals surface area contributed by atoms with Gasteiger partial charge in [0.2, 0.25) is 0 Å². The molecule has 3 nitrogen and oxygen atoms in total. The maximum absolute atomic E-state index is 9.90. The molecule has 0 unspecified atom stereocenters. The fraction of sp³-hybridized carbons (Fsp3) is 0. The smallest absolute Gasteiger partial charge is 0.0992 e. The molecule has 55 heavy (non-hydrogen) atoms. The van der Waals surface area contributed by atoms with Crippen LogP contribution in [-0.4, -0.2) is 9.55 Å². The van der Waals surface area contributed by atoms with Crippen molar-refractivity contribution >= 4 is 54.1 Å². The van der Waals surface area contributed by atoms with Crippen molar-refractivity contribution in [3.05, 3.63) is 194 Å². The second-order valence-corrected chi connectivity index (χ2v) is 14.3. The molecule has 0 amide bonds. The summed E-state index contributed by atoms with van der Waals surface area (Å²) in [6.07, 6.45) is 2.00. The second kappa shape index (κ2) is 12.3. The minimum Gasteiger partial charge on any atom is -0.309 e. The second-order valence-electron chi connectivity index (χ2n) is 14.3. The molecule has 0 aliphatic carbocycles. The van der Waals surface area contributed by atoms with Crippen molar-refractivity contribution in [1.82, 2.24) is 9.55 Å². The van der Waals surface area contributed by atoms with E-state index in [-0.39, 0.29) is 0 Å². The monoisotopic (exact) mass is 697 g/mol. The third-order valence-electron chi connectivity index (χ3n) is 11.2. The van der Waals surface area contributed by atoms with Crippen molar-refractivity contribution in [1.29, 1.82) is 5.26 Å². The van der Waals surface area contributed by atoms with Gasteiger partial charge >= 0.3 is 0 Å². The highest BCUT2D eigenvalue weighted by Gasteiger charge is 2.20. The van der Waals surface area contributed by atoms with Gasteiger partial charge in [0.1, 0.15) is 0 Å². The summed E-state index contributed by atoms with van der Waals surface area (Å²) in [5.74, 6) is 0. The molecule has 0 aliphatic heterocycles. The predicted molar refractivity (Wildman–Crippen MR) is 229 cm³/mol. The molecule has 2 heterocycles. The quantitative estimate of drug-likeness (QED) is 0.133. The van der Waals surface area contributed by atoms with Crippen LogP contribution in [0.5, 0.6) is 0 Å². The van der Waals surface area contributed by atoms with E-state index in [4.69, 9.17) is 4.98 Å². The number of fused-ring (bicyclic) bond motifs is 2. The van der Waals surface area contributed by atoms with Crippen LogP contribution in [0.3, 0.4) is 0 Å². The molecule has 0 fully saturated rings. The van der Waals surface area contributed by atoms with Crippen LogP contribution >= 0.6 is 0 Å². The molecular formula is C52H31N3. The van der Waals surface area contributed by atoms with Gasteiger partial charge in [0.05, 0.1) is 28.4 Å². The van der Waals surface area contributed by atoms with Crippen molar-refractivity contribution < 1.29 is 0 Å². The molecule has 11 aromatic rings. The molecule has 0 N–H and O–H groups in total. The molecule has 0 radical (unpaired) electrons. The maximum Gasteiger partial charge on any atom is 0.0992 e. The highest BCUT2D eigenvalue weighted by molar-refractivity contribution is 6.25. The van der Waals surface area contributed by atoms with Gasteiger partial charge in [-0.3, -0.25) is 4.98 Å². The maximum atomic E-state index is 9.90. The molecule has 11 rings (SSSR count). The minimum absolute atomic E-state index is 0.657. The molecule has 3 heteroatoms. The van der Waals surface area contributed by atoms with Crippen LogP contribution in [0, 0.1) is 11.3 Å². The number of aromatic nitrogens is 2. The van der Waals surface area contributed by atoms with Crippen molar-refractivity contribution in [3.8, 4) is 56.4 Å². The summed E-state index contributed by atoms with van der Waals surface area (Å²) in [6, 6.07) is 67.1. The van der Waals surface area contributed by atoms with E-state index in [2.05, 4.69) is 174 Å². The van der Waals surface area contributed by atoms with E-state index in [9.17, 15) is 5.26 Å². The third-order valence-corrected chi connectivity index (χ3v) is 11.2. The standard InChI is InChI=1S/C52H31N3/c53-31-33-26-37-20-21-38-28-40(30-48-52(38)51(37)47(27-33)55(48)41-16-8-3-9-17-41)39-23-25-46(54-32-39)36-22-24-44-45(29-36)50(35-14-6-2-7-15-35)43-19-11-10-18-42(43)49(44)34-12-4-1-5-13-34/h1-30,32H. The Morgan fingerprint density at radius 3 is 1.62 bits per heavy atom. The van der Waals surface area contributed by atoms with Gasteiger partial charge in [0, 0.05) is 33.8 Å². The van der Waals surface area contributed by atoms with Crippen LogP contribution in [-0.2, 0) is 0 Å². The van der Waals surface area contributed by atoms with Gasteiger partial charge in [-0.05, 0) is 109 Å². The van der Waals surface area contributed by atoms with Crippen molar-refractivity contribution in [2.75, 3.05) is 0 Å². The molecule has 254 valence electrons. The lowest BCUT2D eigenvalue weighted by molar-refractivity contribution is 1.18. The van der Waals surface area contributed by atoms with Crippen LogP contribution in [0.25, 0.3) is 104 Å². The van der Waals surface area contributed by atoms with Gasteiger partial charge < -0.3 is 4.57 Å². The molecular weight excluding hydrogens is 667 g/mol. The number of rotatable bonds is 5. The number of benzene rings is 9. The van der Waals surface area contributed by atoms with E-state index in [1.54, 1.807) is 0 Å². The lowest BCUT2D eigenvalue weighted by Gasteiger charge is -2.18. The van der Waals surface area contributed by atoms with E-state index in [1.807, 2.05) is 24.4 Å². The van der Waals surface area contributed by atoms with E-state index in [1.165, 1.54) is 54.6 Å². The number of pyridine rings is 1. The topological polar surface area (TPSA) is 41.6 Å². The summed E-state index contributed by atoms with van der Waals surface area (Å²) in [7, 11) is 0. The average Bonchev–Trinajstić information content (AvgIpc) is 3.59. The molecule has 0 aliphatic rings. The summed E-state index contributed by atoms with van der Waals surface area (Å²) in [4.78, 5) is 5.11. The lowest BCUT2D eigenvalue weighted by atomic mass is 9.85. The highest BCUT2D eigenvalue weighted by Crippen LogP contribution is 2.45. The first-order valence-corrected chi connectivity index (χ1v) is 18.6. The fourth-order valence-electron chi connectivity index (χ4n) is 8.76. The van der Waals surface area contributed by atoms with Crippen LogP contribution in [0.4, 0.5) is 0 Å². The van der Waals surface area contributed by atoms with Crippen LogP contribution in [0.1, 0.15) is 5.56 Å². The number of hydrogen-bond donors (Lipinski definition) is 0. The Morgan fingerprint density at radius 1 is 0.418 bits per heavy atom. The Hall–Kier alpha value is -7.54. The molecule has 0 saturated heterocycles. The summed E-state index contributed by atoms with van der Waals surface area (Å²) < 4.78 is 2.30. The molecule has 0 saturated carbocycles. The van der Waals surface area contributed by atoms with Gasteiger partial charge in [0.25, 0.3) is 0 Å². The van der Waals surface area contributed by atoms with Crippen molar-refractivity contribution in [3.63, 3.8) is 0 Å². The summed E-state index contributed by atoms with van der Waals surface area (Å²) in [5.41, 5.74) is 12.9. The zero-order chi connectivity index (χ0) is 36.5. The first kappa shape index (κ1) is 31.0. The average molecular weight is 698 g/mol. The van der Waals surface area contributed by atoms with Gasteiger partial charge in [-0.15, -0.1) is 0 Å². The Morgan fingerprint density at radius 2 is 0.982 bits per heavy atom. The highest BCUT2D eigenvalue weighted by atomic mass is 15.0. The number of nitriles is 1. The first-order valence-electron chi connectivity index (χ1n) is 18.6. The fourth-order valence-corrected chi connectivity index (χ4v) is 8.76. The van der Waals surface area contributed by atoms with Gasteiger partial charge in [0.15, 0.2) is 0 Å². The van der Waals surface area contributed by atoms with Gasteiger partial charge in [-0.2, -0.15) is 5.26 Å². The van der Waals surface area contributed by atoms with Crippen LogP contribution in [0.2, 0.25) is 0 Å².